The van der Waals surface area contributed by atoms with Gasteiger partial charge < -0.3 is 5.11 Å². The molecule has 0 spiro atoms. The molecule has 1 atom stereocenters. The number of aliphatic hydroxyl groups excluding tert-OH is 1. The van der Waals surface area contributed by atoms with Crippen LogP contribution in [-0.2, 0) is 13.1 Å². The summed E-state index contributed by atoms with van der Waals surface area (Å²) in [5, 5.41) is 10.1. The minimum atomic E-state index is -0.577. The van der Waals surface area contributed by atoms with E-state index in [-0.39, 0.29) is 0 Å². The van der Waals surface area contributed by atoms with Gasteiger partial charge in [-0.3, -0.25) is 4.90 Å². The van der Waals surface area contributed by atoms with Crippen LogP contribution in [0.5, 0.6) is 0 Å². The molecule has 0 amide bonds. The summed E-state index contributed by atoms with van der Waals surface area (Å²) in [6, 6.07) is 13.5. The smallest absolute Gasteiger partial charge is 0.130 e. The quantitative estimate of drug-likeness (QED) is 0.791. The molecule has 0 bridgehead atoms. The summed E-state index contributed by atoms with van der Waals surface area (Å²) in [4.78, 5) is 1.99. The molecule has 0 radical (unpaired) electrons. The predicted molar refractivity (Wildman–Crippen MR) is 87.8 cm³/mol. The summed E-state index contributed by atoms with van der Waals surface area (Å²) in [5.41, 5.74) is 1.53. The van der Waals surface area contributed by atoms with E-state index in [1.54, 1.807) is 0 Å². The summed E-state index contributed by atoms with van der Waals surface area (Å²) in [5.74, 6) is -1.13. The third kappa shape index (κ3) is 5.73. The Bertz CT molecular complexity index is 604. The summed E-state index contributed by atoms with van der Waals surface area (Å²) < 4.78 is 27.0. The molecule has 0 aromatic heterocycles. The highest BCUT2D eigenvalue weighted by atomic mass is 19.1. The number of rotatable bonds is 8. The Hall–Kier alpha value is -1.78. The van der Waals surface area contributed by atoms with Crippen molar-refractivity contribution in [2.45, 2.75) is 39.0 Å². The van der Waals surface area contributed by atoms with Crippen molar-refractivity contribution in [1.29, 1.82) is 0 Å². The SMILES string of the molecule is CCCC(O)CN(Cc1ccccc1)Cc1ccc(F)cc1F. The summed E-state index contributed by atoms with van der Waals surface area (Å²) in [7, 11) is 0. The molecule has 2 aromatic carbocycles. The molecule has 23 heavy (non-hydrogen) atoms. The number of aliphatic hydroxyl groups is 1. The Morgan fingerprint density at radius 3 is 2.43 bits per heavy atom. The van der Waals surface area contributed by atoms with Gasteiger partial charge in [0.2, 0.25) is 0 Å². The summed E-state index contributed by atoms with van der Waals surface area (Å²) in [6.45, 7) is 3.42. The van der Waals surface area contributed by atoms with Crippen LogP contribution in [0.1, 0.15) is 30.9 Å². The summed E-state index contributed by atoms with van der Waals surface area (Å²) >= 11 is 0. The molecule has 0 aliphatic rings. The van der Waals surface area contributed by atoms with Crippen molar-refractivity contribution in [2.75, 3.05) is 6.54 Å². The van der Waals surface area contributed by atoms with E-state index in [1.165, 1.54) is 12.1 Å². The zero-order chi connectivity index (χ0) is 16.7. The van der Waals surface area contributed by atoms with E-state index in [0.29, 0.717) is 31.6 Å². The Labute approximate surface area is 136 Å². The second-order valence-electron chi connectivity index (χ2n) is 5.83. The maximum absolute atomic E-state index is 13.9. The van der Waals surface area contributed by atoms with Crippen LogP contribution in [-0.4, -0.2) is 22.7 Å². The van der Waals surface area contributed by atoms with Crippen LogP contribution >= 0.6 is 0 Å². The van der Waals surface area contributed by atoms with Gasteiger partial charge in [-0.1, -0.05) is 49.7 Å². The average Bonchev–Trinajstić information content (AvgIpc) is 2.51. The lowest BCUT2D eigenvalue weighted by Crippen LogP contribution is -2.32. The maximum Gasteiger partial charge on any atom is 0.130 e. The maximum atomic E-state index is 13.9. The number of hydrogen-bond donors (Lipinski definition) is 1. The van der Waals surface area contributed by atoms with Gasteiger partial charge in [-0.25, -0.2) is 8.78 Å². The van der Waals surface area contributed by atoms with E-state index in [4.69, 9.17) is 0 Å². The highest BCUT2D eigenvalue weighted by molar-refractivity contribution is 5.19. The Kier molecular flexibility index (Phi) is 6.68. The third-order valence-corrected chi connectivity index (χ3v) is 3.75. The molecule has 0 saturated heterocycles. The molecular weight excluding hydrogens is 296 g/mol. The van der Waals surface area contributed by atoms with E-state index >= 15 is 0 Å². The molecule has 0 aliphatic heterocycles. The van der Waals surface area contributed by atoms with Gasteiger partial charge in [-0.05, 0) is 18.1 Å². The monoisotopic (exact) mass is 319 g/mol. The van der Waals surface area contributed by atoms with Crippen molar-refractivity contribution in [1.82, 2.24) is 4.90 Å². The first-order valence-electron chi connectivity index (χ1n) is 7.96. The fourth-order valence-electron chi connectivity index (χ4n) is 2.64. The molecule has 2 rings (SSSR count). The topological polar surface area (TPSA) is 23.5 Å². The van der Waals surface area contributed by atoms with Crippen LogP contribution in [0.25, 0.3) is 0 Å². The number of nitrogens with zero attached hydrogens (tertiary/aromatic N) is 1. The first kappa shape index (κ1) is 17.6. The van der Waals surface area contributed by atoms with Crippen LogP contribution in [0.15, 0.2) is 48.5 Å². The summed E-state index contributed by atoms with van der Waals surface area (Å²) in [6.07, 6.45) is 1.15. The molecule has 0 aliphatic carbocycles. The van der Waals surface area contributed by atoms with Crippen molar-refractivity contribution in [3.63, 3.8) is 0 Å². The fourth-order valence-corrected chi connectivity index (χ4v) is 2.64. The van der Waals surface area contributed by atoms with Gasteiger partial charge in [0.1, 0.15) is 11.6 Å². The molecule has 1 unspecified atom stereocenters. The van der Waals surface area contributed by atoms with Crippen LogP contribution in [0.2, 0.25) is 0 Å². The third-order valence-electron chi connectivity index (χ3n) is 3.75. The number of benzene rings is 2. The van der Waals surface area contributed by atoms with Crippen molar-refractivity contribution in [3.8, 4) is 0 Å². The molecule has 0 heterocycles. The van der Waals surface area contributed by atoms with E-state index in [9.17, 15) is 13.9 Å². The van der Waals surface area contributed by atoms with Gasteiger partial charge in [-0.15, -0.1) is 0 Å². The highest BCUT2D eigenvalue weighted by Gasteiger charge is 2.14. The van der Waals surface area contributed by atoms with Crippen LogP contribution in [0, 0.1) is 11.6 Å². The van der Waals surface area contributed by atoms with Gasteiger partial charge in [0, 0.05) is 31.3 Å². The minimum absolute atomic E-state index is 0.335. The zero-order valence-electron chi connectivity index (χ0n) is 13.4. The molecule has 0 saturated carbocycles. The molecular formula is C19H23F2NO. The molecule has 0 fully saturated rings. The molecule has 2 nitrogen and oxygen atoms in total. The lowest BCUT2D eigenvalue weighted by Gasteiger charge is -2.25. The Morgan fingerprint density at radius 1 is 1.04 bits per heavy atom. The average molecular weight is 319 g/mol. The second-order valence-corrected chi connectivity index (χ2v) is 5.83. The van der Waals surface area contributed by atoms with E-state index < -0.39 is 17.7 Å². The van der Waals surface area contributed by atoms with Gasteiger partial charge in [0.25, 0.3) is 0 Å². The molecule has 2 aromatic rings. The van der Waals surface area contributed by atoms with Crippen molar-refractivity contribution in [2.24, 2.45) is 0 Å². The molecule has 1 N–H and O–H groups in total. The van der Waals surface area contributed by atoms with E-state index in [2.05, 4.69) is 0 Å². The fraction of sp³-hybridized carbons (Fsp3) is 0.368. The number of halogens is 2. The van der Waals surface area contributed by atoms with Crippen molar-refractivity contribution < 1.29 is 13.9 Å². The van der Waals surface area contributed by atoms with Crippen molar-refractivity contribution in [3.05, 3.63) is 71.3 Å². The van der Waals surface area contributed by atoms with Gasteiger partial charge in [0.15, 0.2) is 0 Å². The largest absolute Gasteiger partial charge is 0.392 e. The number of hydrogen-bond acceptors (Lipinski definition) is 2. The first-order chi connectivity index (χ1) is 11.1. The van der Waals surface area contributed by atoms with Gasteiger partial charge in [-0.2, -0.15) is 0 Å². The molecule has 124 valence electrons. The van der Waals surface area contributed by atoms with Crippen molar-refractivity contribution >= 4 is 0 Å². The zero-order valence-corrected chi connectivity index (χ0v) is 13.4. The predicted octanol–water partition coefficient (Wildman–Crippen LogP) is 4.13. The Morgan fingerprint density at radius 2 is 1.78 bits per heavy atom. The normalized spacial score (nSPS) is 12.6. The lowest BCUT2D eigenvalue weighted by atomic mass is 10.1. The highest BCUT2D eigenvalue weighted by Crippen LogP contribution is 2.15. The second kappa shape index (κ2) is 8.75. The first-order valence-corrected chi connectivity index (χ1v) is 7.96. The minimum Gasteiger partial charge on any atom is -0.392 e. The standard InChI is InChI=1S/C19H23F2NO/c1-2-6-18(23)14-22(12-15-7-4-3-5-8-15)13-16-9-10-17(20)11-19(16)21/h3-5,7-11,18,23H,2,6,12-14H2,1H3. The Balaban J connectivity index is 2.11. The van der Waals surface area contributed by atoms with Crippen LogP contribution in [0.3, 0.4) is 0 Å². The van der Waals surface area contributed by atoms with Gasteiger partial charge >= 0.3 is 0 Å². The lowest BCUT2D eigenvalue weighted by molar-refractivity contribution is 0.0964. The van der Waals surface area contributed by atoms with Crippen LogP contribution < -0.4 is 0 Å². The van der Waals surface area contributed by atoms with E-state index in [0.717, 1.165) is 18.1 Å². The molecule has 4 heteroatoms. The van der Waals surface area contributed by atoms with Gasteiger partial charge in [0.05, 0.1) is 6.10 Å². The van der Waals surface area contributed by atoms with E-state index in [1.807, 2.05) is 42.2 Å². The van der Waals surface area contributed by atoms with Crippen LogP contribution in [0.4, 0.5) is 8.78 Å².